The third-order valence-corrected chi connectivity index (χ3v) is 3.46. The lowest BCUT2D eigenvalue weighted by molar-refractivity contribution is -0.117. The van der Waals surface area contributed by atoms with Gasteiger partial charge in [-0.25, -0.2) is 0 Å². The quantitative estimate of drug-likeness (QED) is 0.886. The first-order valence-electron chi connectivity index (χ1n) is 7.15. The van der Waals surface area contributed by atoms with Crippen LogP contribution in [-0.2, 0) is 4.79 Å². The number of likely N-dealkylation sites (N-methyl/N-ethyl adjacent to an activating group) is 1. The molecule has 4 nitrogen and oxygen atoms in total. The first kappa shape index (κ1) is 15.2. The second-order valence-electron chi connectivity index (χ2n) is 5.03. The van der Waals surface area contributed by atoms with Crippen molar-refractivity contribution in [1.82, 2.24) is 9.88 Å². The molecule has 21 heavy (non-hydrogen) atoms. The van der Waals surface area contributed by atoms with Crippen LogP contribution in [-0.4, -0.2) is 29.4 Å². The third kappa shape index (κ3) is 4.39. The summed E-state index contributed by atoms with van der Waals surface area (Å²) in [5.41, 5.74) is 2.01. The Bertz CT molecular complexity index is 557. The highest BCUT2D eigenvalue weighted by Gasteiger charge is 2.17. The van der Waals surface area contributed by atoms with Crippen molar-refractivity contribution in [2.75, 3.05) is 18.9 Å². The van der Waals surface area contributed by atoms with Gasteiger partial charge in [0, 0.05) is 24.1 Å². The lowest BCUT2D eigenvalue weighted by Gasteiger charge is -2.26. The zero-order valence-electron chi connectivity index (χ0n) is 12.5. The molecule has 1 aromatic heterocycles. The summed E-state index contributed by atoms with van der Waals surface area (Å²) in [6.45, 7) is 2.48. The van der Waals surface area contributed by atoms with E-state index < -0.39 is 0 Å². The molecular formula is C17H21N3O. The minimum Gasteiger partial charge on any atom is -0.325 e. The standard InChI is InChI=1S/C17H21N3O/c1-3-16(14-9-11-18-12-10-14)20(2)13-17(21)19-15-7-5-4-6-8-15/h4-12,16H,3,13H2,1-2H3,(H,19,21)/t16-/m0/s1. The van der Waals surface area contributed by atoms with Crippen LogP contribution in [0.4, 0.5) is 5.69 Å². The summed E-state index contributed by atoms with van der Waals surface area (Å²) in [5.74, 6) is -0.00351. The van der Waals surface area contributed by atoms with Gasteiger partial charge in [-0.15, -0.1) is 0 Å². The molecule has 1 atom stereocenters. The maximum atomic E-state index is 12.1. The molecule has 4 heteroatoms. The van der Waals surface area contributed by atoms with Crippen molar-refractivity contribution in [1.29, 1.82) is 0 Å². The van der Waals surface area contributed by atoms with Gasteiger partial charge in [0.1, 0.15) is 0 Å². The van der Waals surface area contributed by atoms with E-state index >= 15 is 0 Å². The number of carbonyl (C=O) groups is 1. The molecule has 0 aliphatic rings. The first-order valence-corrected chi connectivity index (χ1v) is 7.15. The number of rotatable bonds is 6. The Kier molecular flexibility index (Phi) is 5.46. The van der Waals surface area contributed by atoms with Gasteiger partial charge in [-0.2, -0.15) is 0 Å². The van der Waals surface area contributed by atoms with Crippen LogP contribution in [0.25, 0.3) is 0 Å². The fraction of sp³-hybridized carbons (Fsp3) is 0.294. The SMILES string of the molecule is CC[C@@H](c1ccncc1)N(C)CC(=O)Nc1ccccc1. The summed E-state index contributed by atoms with van der Waals surface area (Å²) in [5, 5.41) is 2.91. The number of nitrogens with zero attached hydrogens (tertiary/aromatic N) is 2. The zero-order chi connectivity index (χ0) is 15.1. The van der Waals surface area contributed by atoms with Gasteiger partial charge in [0.2, 0.25) is 5.91 Å². The van der Waals surface area contributed by atoms with Crippen molar-refractivity contribution in [3.8, 4) is 0 Å². The molecule has 0 saturated carbocycles. The fourth-order valence-corrected chi connectivity index (χ4v) is 2.45. The number of anilines is 1. The second kappa shape index (κ2) is 7.55. The summed E-state index contributed by atoms with van der Waals surface area (Å²) in [6.07, 6.45) is 4.52. The molecule has 1 amide bonds. The van der Waals surface area contributed by atoms with Gasteiger partial charge in [-0.05, 0) is 43.3 Å². The van der Waals surface area contributed by atoms with Crippen molar-refractivity contribution in [3.05, 3.63) is 60.4 Å². The molecule has 0 fully saturated rings. The minimum absolute atomic E-state index is 0.00351. The highest BCUT2D eigenvalue weighted by Crippen LogP contribution is 2.21. The Hall–Kier alpha value is -2.20. The van der Waals surface area contributed by atoms with Crippen LogP contribution in [0, 0.1) is 0 Å². The number of pyridine rings is 1. The molecule has 2 rings (SSSR count). The molecule has 110 valence electrons. The number of amides is 1. The Morgan fingerprint density at radius 3 is 2.48 bits per heavy atom. The highest BCUT2D eigenvalue weighted by atomic mass is 16.2. The molecule has 0 aliphatic heterocycles. The molecule has 1 aromatic carbocycles. The molecule has 1 N–H and O–H groups in total. The molecular weight excluding hydrogens is 262 g/mol. The zero-order valence-corrected chi connectivity index (χ0v) is 12.5. The number of benzene rings is 1. The average molecular weight is 283 g/mol. The Balaban J connectivity index is 1.96. The molecule has 0 unspecified atom stereocenters. The van der Waals surface area contributed by atoms with Gasteiger partial charge >= 0.3 is 0 Å². The summed E-state index contributed by atoms with van der Waals surface area (Å²) in [4.78, 5) is 18.2. The smallest absolute Gasteiger partial charge is 0.238 e. The van der Waals surface area contributed by atoms with E-state index in [1.807, 2.05) is 49.5 Å². The number of carbonyl (C=O) groups excluding carboxylic acids is 1. The van der Waals surface area contributed by atoms with Crippen molar-refractivity contribution in [2.45, 2.75) is 19.4 Å². The van der Waals surface area contributed by atoms with Gasteiger partial charge in [0.05, 0.1) is 6.54 Å². The monoisotopic (exact) mass is 283 g/mol. The van der Waals surface area contributed by atoms with E-state index in [1.165, 1.54) is 5.56 Å². The van der Waals surface area contributed by atoms with Crippen LogP contribution in [0.5, 0.6) is 0 Å². The normalized spacial score (nSPS) is 12.1. The van der Waals surface area contributed by atoms with E-state index in [9.17, 15) is 4.79 Å². The molecule has 1 heterocycles. The van der Waals surface area contributed by atoms with E-state index in [4.69, 9.17) is 0 Å². The lowest BCUT2D eigenvalue weighted by Crippen LogP contribution is -2.33. The van der Waals surface area contributed by atoms with Gasteiger partial charge < -0.3 is 5.32 Å². The Morgan fingerprint density at radius 2 is 1.86 bits per heavy atom. The fourth-order valence-electron chi connectivity index (χ4n) is 2.45. The van der Waals surface area contributed by atoms with E-state index in [-0.39, 0.29) is 11.9 Å². The largest absolute Gasteiger partial charge is 0.325 e. The van der Waals surface area contributed by atoms with Gasteiger partial charge in [-0.1, -0.05) is 25.1 Å². The van der Waals surface area contributed by atoms with E-state index in [1.54, 1.807) is 12.4 Å². The van der Waals surface area contributed by atoms with Crippen LogP contribution < -0.4 is 5.32 Å². The Labute approximate surface area is 125 Å². The number of nitrogens with one attached hydrogen (secondary N) is 1. The molecule has 0 aliphatic carbocycles. The number of para-hydroxylation sites is 1. The van der Waals surface area contributed by atoms with Crippen LogP contribution >= 0.6 is 0 Å². The maximum Gasteiger partial charge on any atom is 0.238 e. The topological polar surface area (TPSA) is 45.2 Å². The first-order chi connectivity index (χ1) is 10.2. The number of hydrogen-bond acceptors (Lipinski definition) is 3. The summed E-state index contributed by atoms with van der Waals surface area (Å²) in [6, 6.07) is 13.7. The predicted molar refractivity (Wildman–Crippen MR) is 85.0 cm³/mol. The van der Waals surface area contributed by atoms with Crippen molar-refractivity contribution in [3.63, 3.8) is 0 Å². The van der Waals surface area contributed by atoms with Crippen LogP contribution in [0.15, 0.2) is 54.9 Å². The van der Waals surface area contributed by atoms with E-state index in [0.717, 1.165) is 12.1 Å². The van der Waals surface area contributed by atoms with E-state index in [2.05, 4.69) is 22.1 Å². The van der Waals surface area contributed by atoms with E-state index in [0.29, 0.717) is 6.54 Å². The van der Waals surface area contributed by atoms with Crippen LogP contribution in [0.1, 0.15) is 24.9 Å². The summed E-state index contributed by atoms with van der Waals surface area (Å²) < 4.78 is 0. The maximum absolute atomic E-state index is 12.1. The molecule has 2 aromatic rings. The molecule has 0 bridgehead atoms. The van der Waals surface area contributed by atoms with Crippen LogP contribution in [0.2, 0.25) is 0 Å². The van der Waals surface area contributed by atoms with Gasteiger partial charge in [0.25, 0.3) is 0 Å². The van der Waals surface area contributed by atoms with Crippen molar-refractivity contribution >= 4 is 11.6 Å². The van der Waals surface area contributed by atoms with Crippen molar-refractivity contribution < 1.29 is 4.79 Å². The lowest BCUT2D eigenvalue weighted by atomic mass is 10.0. The molecule has 0 radical (unpaired) electrons. The second-order valence-corrected chi connectivity index (χ2v) is 5.03. The van der Waals surface area contributed by atoms with Crippen LogP contribution in [0.3, 0.4) is 0 Å². The number of aromatic nitrogens is 1. The summed E-state index contributed by atoms with van der Waals surface area (Å²) >= 11 is 0. The Morgan fingerprint density at radius 1 is 1.19 bits per heavy atom. The van der Waals surface area contributed by atoms with Gasteiger partial charge in [0.15, 0.2) is 0 Å². The average Bonchev–Trinajstić information content (AvgIpc) is 2.50. The summed E-state index contributed by atoms with van der Waals surface area (Å²) in [7, 11) is 1.97. The third-order valence-electron chi connectivity index (χ3n) is 3.46. The predicted octanol–water partition coefficient (Wildman–Crippen LogP) is 3.10. The molecule has 0 spiro atoms. The molecule has 0 saturated heterocycles. The van der Waals surface area contributed by atoms with Gasteiger partial charge in [-0.3, -0.25) is 14.7 Å². The highest BCUT2D eigenvalue weighted by molar-refractivity contribution is 5.92. The minimum atomic E-state index is -0.00351. The number of hydrogen-bond donors (Lipinski definition) is 1. The van der Waals surface area contributed by atoms with Crippen molar-refractivity contribution in [2.24, 2.45) is 0 Å².